The van der Waals surface area contributed by atoms with E-state index in [4.69, 9.17) is 14.2 Å². The third-order valence-electron chi connectivity index (χ3n) is 4.59. The Labute approximate surface area is 203 Å². The van der Waals surface area contributed by atoms with Crippen LogP contribution in [-0.4, -0.2) is 46.5 Å². The number of rotatable bonds is 13. The molecule has 2 aromatic carbocycles. The summed E-state index contributed by atoms with van der Waals surface area (Å²) in [6.45, 7) is 5.61. The summed E-state index contributed by atoms with van der Waals surface area (Å²) in [4.78, 5) is 4.28. The molecule has 0 radical (unpaired) electrons. The zero-order valence-electron chi connectivity index (χ0n) is 18.8. The Balaban J connectivity index is 0.00000480. The van der Waals surface area contributed by atoms with Gasteiger partial charge in [-0.3, -0.25) is 4.99 Å². The molecule has 0 bridgehead atoms. The van der Waals surface area contributed by atoms with E-state index in [1.807, 2.05) is 36.4 Å². The van der Waals surface area contributed by atoms with Crippen molar-refractivity contribution < 1.29 is 14.2 Å². The molecule has 2 N–H and O–H groups in total. The number of nitrogens with zero attached hydrogens (tertiary/aromatic N) is 1. The van der Waals surface area contributed by atoms with Crippen molar-refractivity contribution in [2.75, 3.05) is 40.5 Å². The van der Waals surface area contributed by atoms with Crippen molar-refractivity contribution in [3.8, 4) is 5.75 Å². The van der Waals surface area contributed by atoms with Crippen LogP contribution in [0.5, 0.6) is 5.75 Å². The number of nitrogens with one attached hydrogen (secondary N) is 2. The van der Waals surface area contributed by atoms with E-state index in [-0.39, 0.29) is 30.1 Å². The lowest BCUT2D eigenvalue weighted by atomic mass is 10.1. The molecule has 7 heteroatoms. The Hall–Kier alpha value is -1.84. The molecule has 1 atom stereocenters. The number of hydrogen-bond donors (Lipinski definition) is 2. The second kappa shape index (κ2) is 16.8. The normalized spacial score (nSPS) is 12.0. The maximum Gasteiger partial charge on any atom is 0.191 e. The van der Waals surface area contributed by atoms with Crippen LogP contribution in [0.3, 0.4) is 0 Å². The van der Waals surface area contributed by atoms with E-state index in [0.717, 1.165) is 36.7 Å². The predicted molar refractivity (Wildman–Crippen MR) is 137 cm³/mol. The van der Waals surface area contributed by atoms with Crippen LogP contribution in [0.4, 0.5) is 0 Å². The summed E-state index contributed by atoms with van der Waals surface area (Å²) < 4.78 is 16.7. The summed E-state index contributed by atoms with van der Waals surface area (Å²) in [6.07, 6.45) is 1.89. The van der Waals surface area contributed by atoms with Crippen molar-refractivity contribution in [3.05, 3.63) is 65.7 Å². The minimum atomic E-state index is 0. The largest absolute Gasteiger partial charge is 0.493 e. The lowest BCUT2D eigenvalue weighted by Gasteiger charge is -2.15. The average molecular weight is 541 g/mol. The summed E-state index contributed by atoms with van der Waals surface area (Å²) in [6, 6.07) is 18.4. The Morgan fingerprint density at radius 2 is 1.77 bits per heavy atom. The van der Waals surface area contributed by atoms with Gasteiger partial charge in [-0.05, 0) is 36.6 Å². The van der Waals surface area contributed by atoms with Crippen LogP contribution < -0.4 is 15.4 Å². The van der Waals surface area contributed by atoms with E-state index in [1.54, 1.807) is 14.2 Å². The minimum Gasteiger partial charge on any atom is -0.493 e. The van der Waals surface area contributed by atoms with Gasteiger partial charge < -0.3 is 24.8 Å². The second-order valence-corrected chi connectivity index (χ2v) is 6.97. The monoisotopic (exact) mass is 541 g/mol. The quantitative estimate of drug-likeness (QED) is 0.169. The summed E-state index contributed by atoms with van der Waals surface area (Å²) in [5, 5.41) is 6.67. The van der Waals surface area contributed by atoms with E-state index in [2.05, 4.69) is 40.7 Å². The van der Waals surface area contributed by atoms with Gasteiger partial charge in [-0.2, -0.15) is 0 Å². The smallest absolute Gasteiger partial charge is 0.191 e. The van der Waals surface area contributed by atoms with Crippen LogP contribution in [-0.2, 0) is 16.0 Å². The third-order valence-corrected chi connectivity index (χ3v) is 4.59. The topological polar surface area (TPSA) is 64.1 Å². The summed E-state index contributed by atoms with van der Waals surface area (Å²) in [7, 11) is 3.48. The molecule has 1 unspecified atom stereocenters. The Morgan fingerprint density at radius 3 is 2.52 bits per heavy atom. The van der Waals surface area contributed by atoms with Crippen LogP contribution in [0.15, 0.2) is 59.6 Å². The average Bonchev–Trinajstić information content (AvgIpc) is 2.79. The van der Waals surface area contributed by atoms with Gasteiger partial charge in [0.05, 0.1) is 12.7 Å². The zero-order chi connectivity index (χ0) is 21.4. The molecule has 0 aliphatic carbocycles. The molecule has 0 spiro atoms. The molecule has 172 valence electrons. The van der Waals surface area contributed by atoms with Gasteiger partial charge in [-0.25, -0.2) is 0 Å². The van der Waals surface area contributed by atoms with Gasteiger partial charge in [0.2, 0.25) is 0 Å². The van der Waals surface area contributed by atoms with E-state index >= 15 is 0 Å². The summed E-state index contributed by atoms with van der Waals surface area (Å²) >= 11 is 0. The Bertz CT molecular complexity index is 744. The molecular weight excluding hydrogens is 505 g/mol. The van der Waals surface area contributed by atoms with E-state index in [1.165, 1.54) is 5.56 Å². The summed E-state index contributed by atoms with van der Waals surface area (Å²) in [5.74, 6) is 1.65. The SMILES string of the molecule is CN=C(NCCCOC(C)c1ccccc1)NCc1cccc(OCCCOC)c1.I. The molecule has 2 aromatic rings. The lowest BCUT2D eigenvalue weighted by molar-refractivity contribution is 0.0646. The van der Waals surface area contributed by atoms with E-state index < -0.39 is 0 Å². The first kappa shape index (κ1) is 27.2. The standard InChI is InChI=1S/C24H35N3O3.HI/c1-20(22-11-5-4-6-12-22)29-16-8-14-26-24(25-2)27-19-21-10-7-13-23(18-21)30-17-9-15-28-3;/h4-7,10-13,18,20H,8-9,14-17,19H2,1-3H3,(H2,25,26,27);1H. The molecule has 0 heterocycles. The number of guanidine groups is 1. The number of benzene rings is 2. The molecule has 31 heavy (non-hydrogen) atoms. The first-order valence-electron chi connectivity index (χ1n) is 10.5. The molecule has 0 fully saturated rings. The molecule has 6 nitrogen and oxygen atoms in total. The van der Waals surface area contributed by atoms with Crippen LogP contribution in [0, 0.1) is 0 Å². The molecule has 0 saturated heterocycles. The number of methoxy groups -OCH3 is 1. The molecule has 0 amide bonds. The number of aliphatic imine (C=N–C) groups is 1. The van der Waals surface area contributed by atoms with Crippen molar-refractivity contribution in [3.63, 3.8) is 0 Å². The molecule has 2 rings (SSSR count). The fraction of sp³-hybridized carbons (Fsp3) is 0.458. The van der Waals surface area contributed by atoms with Crippen molar-refractivity contribution in [1.82, 2.24) is 10.6 Å². The van der Waals surface area contributed by atoms with Gasteiger partial charge in [-0.1, -0.05) is 42.5 Å². The van der Waals surface area contributed by atoms with E-state index in [9.17, 15) is 0 Å². The zero-order valence-corrected chi connectivity index (χ0v) is 21.1. The highest BCUT2D eigenvalue weighted by molar-refractivity contribution is 14.0. The first-order chi connectivity index (χ1) is 14.7. The minimum absolute atomic E-state index is 0. The summed E-state index contributed by atoms with van der Waals surface area (Å²) in [5.41, 5.74) is 2.34. The highest BCUT2D eigenvalue weighted by Crippen LogP contribution is 2.16. The van der Waals surface area contributed by atoms with Crippen LogP contribution in [0.25, 0.3) is 0 Å². The Morgan fingerprint density at radius 1 is 0.968 bits per heavy atom. The van der Waals surface area contributed by atoms with Gasteiger partial charge in [0.25, 0.3) is 0 Å². The van der Waals surface area contributed by atoms with Crippen molar-refractivity contribution in [2.24, 2.45) is 4.99 Å². The maximum absolute atomic E-state index is 5.91. The van der Waals surface area contributed by atoms with Crippen LogP contribution in [0.2, 0.25) is 0 Å². The van der Waals surface area contributed by atoms with Gasteiger partial charge in [0, 0.05) is 46.9 Å². The highest BCUT2D eigenvalue weighted by Gasteiger charge is 2.05. The van der Waals surface area contributed by atoms with Crippen molar-refractivity contribution in [2.45, 2.75) is 32.4 Å². The van der Waals surface area contributed by atoms with Gasteiger partial charge in [-0.15, -0.1) is 24.0 Å². The van der Waals surface area contributed by atoms with Crippen LogP contribution in [0.1, 0.15) is 37.0 Å². The molecule has 0 aromatic heterocycles. The first-order valence-corrected chi connectivity index (χ1v) is 10.5. The van der Waals surface area contributed by atoms with Gasteiger partial charge in [0.15, 0.2) is 5.96 Å². The third kappa shape index (κ3) is 11.4. The number of ether oxygens (including phenoxy) is 3. The van der Waals surface area contributed by atoms with Gasteiger partial charge in [0.1, 0.15) is 5.75 Å². The molecule has 0 aliphatic rings. The Kier molecular flexibility index (Phi) is 14.7. The maximum atomic E-state index is 5.91. The fourth-order valence-corrected chi connectivity index (χ4v) is 2.90. The molecule has 0 aliphatic heterocycles. The van der Waals surface area contributed by atoms with E-state index in [0.29, 0.717) is 26.4 Å². The lowest BCUT2D eigenvalue weighted by Crippen LogP contribution is -2.37. The van der Waals surface area contributed by atoms with Crippen molar-refractivity contribution in [1.29, 1.82) is 0 Å². The predicted octanol–water partition coefficient (Wildman–Crippen LogP) is 4.55. The highest BCUT2D eigenvalue weighted by atomic mass is 127. The fourth-order valence-electron chi connectivity index (χ4n) is 2.90. The second-order valence-electron chi connectivity index (χ2n) is 6.97. The van der Waals surface area contributed by atoms with Gasteiger partial charge >= 0.3 is 0 Å². The molecule has 0 saturated carbocycles. The van der Waals surface area contributed by atoms with Crippen LogP contribution >= 0.6 is 24.0 Å². The molecular formula is C24H36IN3O3. The van der Waals surface area contributed by atoms with Crippen molar-refractivity contribution >= 4 is 29.9 Å². The number of hydrogen-bond acceptors (Lipinski definition) is 4. The number of halogens is 1.